The number of hydrogen-bond acceptors (Lipinski definition) is 4. The fraction of sp³-hybridized carbons (Fsp3) is 0.696. The number of hydrogen-bond donors (Lipinski definition) is 1. The molecule has 31 heavy (non-hydrogen) atoms. The molecule has 5 fully saturated rings. The molecule has 4 bridgehead atoms. The molecule has 4 aliphatic carbocycles. The highest BCUT2D eigenvalue weighted by molar-refractivity contribution is 9.10. The lowest BCUT2D eigenvalue weighted by Gasteiger charge is -2.60. The first kappa shape index (κ1) is 21.9. The highest BCUT2D eigenvalue weighted by atomic mass is 79.9. The number of nitrogens with zero attached hydrogens (tertiary/aromatic N) is 1. The second kappa shape index (κ2) is 7.82. The molecule has 4 atom stereocenters. The van der Waals surface area contributed by atoms with Crippen molar-refractivity contribution in [2.75, 3.05) is 31.6 Å². The van der Waals surface area contributed by atoms with E-state index in [1.807, 2.05) is 0 Å². The first-order valence-corrected chi connectivity index (χ1v) is 13.6. The average molecular weight is 511 g/mol. The Hall–Kier alpha value is -0.960. The van der Waals surface area contributed by atoms with E-state index >= 15 is 0 Å². The Labute approximate surface area is 193 Å². The maximum atomic E-state index is 13.1. The quantitative estimate of drug-likeness (QED) is 0.605. The lowest BCUT2D eigenvalue weighted by Crippen LogP contribution is -2.53. The molecule has 1 heterocycles. The molecule has 1 aromatic carbocycles. The first-order chi connectivity index (χ1) is 14.7. The molecule has 170 valence electrons. The highest BCUT2D eigenvalue weighted by Gasteiger charge is 2.57. The van der Waals surface area contributed by atoms with Gasteiger partial charge in [0.15, 0.2) is 0 Å². The van der Waals surface area contributed by atoms with Crippen molar-refractivity contribution in [2.45, 2.75) is 61.1 Å². The zero-order chi connectivity index (χ0) is 21.9. The standard InChI is InChI=1S/C23H31BrN2O4S/c1-16-2-3-19(9-20(16)31(28,29)26-4-6-30-7-5-26)25-21(27)14-22-10-17-8-18(11-22)13-23(24,12-17)15-22/h2-3,9,17-18H,4-8,10-15H2,1H3,(H,25,27)/t17-,18+,22?,23?. The van der Waals surface area contributed by atoms with Crippen molar-refractivity contribution in [3.63, 3.8) is 0 Å². The number of benzene rings is 1. The minimum atomic E-state index is -3.61. The van der Waals surface area contributed by atoms with Gasteiger partial charge in [0.25, 0.3) is 0 Å². The minimum Gasteiger partial charge on any atom is -0.379 e. The van der Waals surface area contributed by atoms with Crippen LogP contribution in [0.15, 0.2) is 23.1 Å². The van der Waals surface area contributed by atoms with E-state index in [0.717, 1.165) is 31.1 Å². The Morgan fingerprint density at radius 2 is 1.87 bits per heavy atom. The second-order valence-electron chi connectivity index (χ2n) is 10.3. The van der Waals surface area contributed by atoms with Crippen LogP contribution in [0.3, 0.4) is 0 Å². The average Bonchev–Trinajstić information content (AvgIpc) is 2.67. The molecule has 1 amide bonds. The third-order valence-electron chi connectivity index (χ3n) is 7.71. The normalized spacial score (nSPS) is 35.3. The van der Waals surface area contributed by atoms with Crippen LogP contribution in [0, 0.1) is 24.2 Å². The van der Waals surface area contributed by atoms with E-state index in [0.29, 0.717) is 44.0 Å². The summed E-state index contributed by atoms with van der Waals surface area (Å²) >= 11 is 4.01. The van der Waals surface area contributed by atoms with Crippen molar-refractivity contribution in [2.24, 2.45) is 17.3 Å². The summed E-state index contributed by atoms with van der Waals surface area (Å²) in [5, 5.41) is 3.01. The number of carbonyl (C=O) groups is 1. The Bertz CT molecular complexity index is 975. The molecule has 1 saturated heterocycles. The monoisotopic (exact) mass is 510 g/mol. The van der Waals surface area contributed by atoms with Crippen molar-refractivity contribution < 1.29 is 17.9 Å². The summed E-state index contributed by atoms with van der Waals surface area (Å²) in [5.74, 6) is 1.47. The SMILES string of the molecule is Cc1ccc(NC(=O)CC23C[C@@H]4C[C@@H](CC(Br)(C4)C2)C3)cc1S(=O)(=O)N1CCOCC1. The third-order valence-corrected chi connectivity index (χ3v) is 10.7. The molecule has 4 saturated carbocycles. The van der Waals surface area contributed by atoms with Crippen LogP contribution in [-0.2, 0) is 19.6 Å². The van der Waals surface area contributed by atoms with Crippen LogP contribution in [0.2, 0.25) is 0 Å². The van der Waals surface area contributed by atoms with Gasteiger partial charge in [-0.3, -0.25) is 4.79 Å². The lowest BCUT2D eigenvalue weighted by atomic mass is 9.48. The second-order valence-corrected chi connectivity index (χ2v) is 13.9. The van der Waals surface area contributed by atoms with Crippen molar-refractivity contribution in [3.05, 3.63) is 23.8 Å². The number of aryl methyl sites for hydroxylation is 1. The number of rotatable bonds is 5. The number of nitrogens with one attached hydrogen (secondary N) is 1. The number of halogens is 1. The van der Waals surface area contributed by atoms with Gasteiger partial charge in [0.05, 0.1) is 18.1 Å². The molecule has 1 aromatic rings. The summed E-state index contributed by atoms with van der Waals surface area (Å²) < 4.78 is 33.2. The highest BCUT2D eigenvalue weighted by Crippen LogP contribution is 2.65. The maximum absolute atomic E-state index is 13.1. The Morgan fingerprint density at radius 3 is 2.52 bits per heavy atom. The van der Waals surface area contributed by atoms with Crippen LogP contribution in [0.25, 0.3) is 0 Å². The molecule has 0 spiro atoms. The number of sulfonamides is 1. The van der Waals surface area contributed by atoms with Gasteiger partial charge in [0.1, 0.15) is 0 Å². The zero-order valence-corrected chi connectivity index (χ0v) is 20.4. The summed E-state index contributed by atoms with van der Waals surface area (Å²) in [6, 6.07) is 5.20. The molecule has 0 radical (unpaired) electrons. The Kier molecular flexibility index (Phi) is 5.51. The maximum Gasteiger partial charge on any atom is 0.243 e. The van der Waals surface area contributed by atoms with Crippen molar-refractivity contribution in [1.29, 1.82) is 0 Å². The minimum absolute atomic E-state index is 0.00313. The van der Waals surface area contributed by atoms with E-state index in [-0.39, 0.29) is 20.5 Å². The van der Waals surface area contributed by atoms with Crippen LogP contribution >= 0.6 is 15.9 Å². The van der Waals surface area contributed by atoms with Crippen LogP contribution < -0.4 is 5.32 Å². The van der Waals surface area contributed by atoms with E-state index in [1.54, 1.807) is 25.1 Å². The smallest absolute Gasteiger partial charge is 0.243 e. The zero-order valence-electron chi connectivity index (χ0n) is 18.0. The largest absolute Gasteiger partial charge is 0.379 e. The summed E-state index contributed by atoms with van der Waals surface area (Å²) in [6.45, 7) is 3.33. The van der Waals surface area contributed by atoms with Crippen LogP contribution in [-0.4, -0.2) is 49.3 Å². The van der Waals surface area contributed by atoms with E-state index in [2.05, 4.69) is 21.2 Å². The molecule has 1 N–H and O–H groups in total. The Balaban J connectivity index is 1.32. The fourth-order valence-corrected chi connectivity index (χ4v) is 10.1. The molecule has 6 rings (SSSR count). The van der Waals surface area contributed by atoms with Gasteiger partial charge in [-0.1, -0.05) is 22.0 Å². The van der Waals surface area contributed by atoms with E-state index < -0.39 is 10.0 Å². The van der Waals surface area contributed by atoms with Gasteiger partial charge < -0.3 is 10.1 Å². The fourth-order valence-electron chi connectivity index (χ4n) is 6.97. The van der Waals surface area contributed by atoms with Crippen LogP contribution in [0.4, 0.5) is 5.69 Å². The first-order valence-electron chi connectivity index (χ1n) is 11.3. The van der Waals surface area contributed by atoms with Gasteiger partial charge in [-0.2, -0.15) is 4.31 Å². The summed E-state index contributed by atoms with van der Waals surface area (Å²) in [4.78, 5) is 13.3. The number of alkyl halides is 1. The van der Waals surface area contributed by atoms with Gasteiger partial charge in [0.2, 0.25) is 15.9 Å². The molecule has 2 unspecified atom stereocenters. The van der Waals surface area contributed by atoms with Gasteiger partial charge >= 0.3 is 0 Å². The molecular weight excluding hydrogens is 480 g/mol. The number of ether oxygens (including phenoxy) is 1. The summed E-state index contributed by atoms with van der Waals surface area (Å²) in [6.07, 6.45) is 7.69. The number of morpholine rings is 1. The van der Waals surface area contributed by atoms with Gasteiger partial charge in [-0.25, -0.2) is 8.42 Å². The molecule has 8 heteroatoms. The molecule has 6 nitrogen and oxygen atoms in total. The van der Waals surface area contributed by atoms with E-state index in [4.69, 9.17) is 4.74 Å². The van der Waals surface area contributed by atoms with Crippen LogP contribution in [0.1, 0.15) is 50.5 Å². The lowest BCUT2D eigenvalue weighted by molar-refractivity contribution is -0.123. The van der Waals surface area contributed by atoms with Crippen molar-refractivity contribution in [1.82, 2.24) is 4.31 Å². The van der Waals surface area contributed by atoms with E-state index in [1.165, 1.54) is 23.6 Å². The van der Waals surface area contributed by atoms with Gasteiger partial charge in [0, 0.05) is 29.5 Å². The van der Waals surface area contributed by atoms with E-state index in [9.17, 15) is 13.2 Å². The molecule has 0 aromatic heterocycles. The Morgan fingerprint density at radius 1 is 1.19 bits per heavy atom. The topological polar surface area (TPSA) is 75.7 Å². The predicted molar refractivity (Wildman–Crippen MR) is 123 cm³/mol. The molecule has 1 aliphatic heterocycles. The predicted octanol–water partition coefficient (Wildman–Crippen LogP) is 4.08. The molecular formula is C23H31BrN2O4S. The van der Waals surface area contributed by atoms with Crippen molar-refractivity contribution >= 4 is 37.5 Å². The number of carbonyl (C=O) groups excluding carboxylic acids is 1. The third kappa shape index (κ3) is 4.21. The molecule has 5 aliphatic rings. The number of anilines is 1. The van der Waals surface area contributed by atoms with Gasteiger partial charge in [-0.05, 0) is 80.4 Å². The van der Waals surface area contributed by atoms with Gasteiger partial charge in [-0.15, -0.1) is 0 Å². The number of amides is 1. The van der Waals surface area contributed by atoms with Crippen LogP contribution in [0.5, 0.6) is 0 Å². The summed E-state index contributed by atoms with van der Waals surface area (Å²) in [5.41, 5.74) is 1.33. The summed E-state index contributed by atoms with van der Waals surface area (Å²) in [7, 11) is -3.61. The van der Waals surface area contributed by atoms with Crippen molar-refractivity contribution in [3.8, 4) is 0 Å².